The van der Waals surface area contributed by atoms with Crippen LogP contribution in [0.2, 0.25) is 10.0 Å². The van der Waals surface area contributed by atoms with Gasteiger partial charge in [-0.25, -0.2) is 0 Å². The molecule has 0 saturated carbocycles. The van der Waals surface area contributed by atoms with Gasteiger partial charge >= 0.3 is 0 Å². The van der Waals surface area contributed by atoms with E-state index in [4.69, 9.17) is 23.2 Å². The highest BCUT2D eigenvalue weighted by Crippen LogP contribution is 2.58. The number of fused-ring (bicyclic) bond motifs is 6. The predicted molar refractivity (Wildman–Crippen MR) is 226 cm³/mol. The predicted octanol–water partition coefficient (Wildman–Crippen LogP) is 14.7. The molecule has 3 heteroatoms. The Morgan fingerprint density at radius 3 is 2.04 bits per heavy atom. The maximum atomic E-state index is 6.88. The molecule has 0 aliphatic heterocycles. The molecule has 0 heterocycles. The van der Waals surface area contributed by atoms with Gasteiger partial charge in [-0.15, -0.1) is 0 Å². The molecule has 9 rings (SSSR count). The van der Waals surface area contributed by atoms with Crippen LogP contribution in [0.1, 0.15) is 61.9 Å². The van der Waals surface area contributed by atoms with Gasteiger partial charge in [0.25, 0.3) is 0 Å². The second-order valence-corrected chi connectivity index (χ2v) is 16.4. The van der Waals surface area contributed by atoms with Gasteiger partial charge in [-0.3, -0.25) is 0 Å². The van der Waals surface area contributed by atoms with Crippen LogP contribution in [0.15, 0.2) is 157 Å². The van der Waals surface area contributed by atoms with Crippen molar-refractivity contribution >= 4 is 40.3 Å². The largest absolute Gasteiger partial charge is 0.310 e. The molecule has 0 radical (unpaired) electrons. The van der Waals surface area contributed by atoms with Crippen LogP contribution in [0.3, 0.4) is 0 Å². The summed E-state index contributed by atoms with van der Waals surface area (Å²) in [5.74, 6) is 0. The summed E-state index contributed by atoms with van der Waals surface area (Å²) in [5.41, 5.74) is 18.1. The van der Waals surface area contributed by atoms with Crippen molar-refractivity contribution in [3.05, 3.63) is 195 Å². The Balaban J connectivity index is 1.18. The van der Waals surface area contributed by atoms with E-state index in [0.29, 0.717) is 5.02 Å². The van der Waals surface area contributed by atoms with Crippen LogP contribution in [-0.4, -0.2) is 0 Å². The first kappa shape index (κ1) is 33.7. The highest BCUT2D eigenvalue weighted by atomic mass is 35.5. The first-order valence-electron chi connectivity index (χ1n) is 18.5. The Hall–Kier alpha value is -5.08. The molecule has 1 nitrogen and oxygen atoms in total. The van der Waals surface area contributed by atoms with Crippen LogP contribution in [0, 0.1) is 0 Å². The van der Waals surface area contributed by atoms with Crippen LogP contribution in [0.25, 0.3) is 33.4 Å². The summed E-state index contributed by atoms with van der Waals surface area (Å²) in [6.07, 6.45) is 12.9. The fraction of sp³-hybridized carbons (Fsp3) is 0.160. The molecule has 0 saturated heterocycles. The molecule has 0 bridgehead atoms. The lowest BCUT2D eigenvalue weighted by Gasteiger charge is -2.30. The van der Waals surface area contributed by atoms with Crippen LogP contribution in [0.4, 0.5) is 17.1 Å². The number of hydrogen-bond acceptors (Lipinski definition) is 1. The molecular formula is C50H41Cl2N. The summed E-state index contributed by atoms with van der Waals surface area (Å²) in [4.78, 5) is 2.45. The zero-order valence-electron chi connectivity index (χ0n) is 30.6. The van der Waals surface area contributed by atoms with E-state index in [9.17, 15) is 0 Å². The lowest BCUT2D eigenvalue weighted by molar-refractivity contribution is 0.652. The van der Waals surface area contributed by atoms with Crippen molar-refractivity contribution in [3.63, 3.8) is 0 Å². The summed E-state index contributed by atoms with van der Waals surface area (Å²) in [6, 6.07) is 44.4. The zero-order valence-corrected chi connectivity index (χ0v) is 32.1. The van der Waals surface area contributed by atoms with Gasteiger partial charge in [-0.1, -0.05) is 148 Å². The first-order chi connectivity index (χ1) is 25.6. The molecule has 6 aromatic rings. The fourth-order valence-electron chi connectivity index (χ4n) is 8.90. The Labute approximate surface area is 323 Å². The number of rotatable bonds is 6. The van der Waals surface area contributed by atoms with Crippen molar-refractivity contribution in [3.8, 4) is 33.4 Å². The summed E-state index contributed by atoms with van der Waals surface area (Å²) in [6.45, 7) is 9.29. The monoisotopic (exact) mass is 725 g/mol. The van der Waals surface area contributed by atoms with Gasteiger partial charge in [0.15, 0.2) is 0 Å². The Bertz CT molecular complexity index is 2510. The molecule has 3 aliphatic rings. The van der Waals surface area contributed by atoms with E-state index in [1.807, 2.05) is 6.07 Å². The number of benzene rings is 6. The van der Waals surface area contributed by atoms with Crippen LogP contribution >= 0.6 is 23.2 Å². The van der Waals surface area contributed by atoms with Crippen LogP contribution in [0.5, 0.6) is 0 Å². The Kier molecular flexibility index (Phi) is 8.15. The third kappa shape index (κ3) is 5.61. The van der Waals surface area contributed by atoms with E-state index in [1.54, 1.807) is 0 Å². The number of anilines is 3. The number of allylic oxidation sites excluding steroid dienone is 6. The number of para-hydroxylation sites is 1. The maximum absolute atomic E-state index is 6.88. The minimum atomic E-state index is -0.238. The SMILES string of the molecule is CC1(C)c2cc(N(c3ccc(-c4ccccc4)cc3)c3ccccc3CC3=CC=CCC=C3)ccc2-c2cc3c(cc21)-c1cc(Cl)cc(Cl)c1C3(C)C. The molecule has 0 spiro atoms. The van der Waals surface area contributed by atoms with Crippen molar-refractivity contribution in [1.29, 1.82) is 0 Å². The number of hydrogen-bond donors (Lipinski definition) is 0. The van der Waals surface area contributed by atoms with Gasteiger partial charge in [-0.05, 0) is 134 Å². The van der Waals surface area contributed by atoms with Crippen molar-refractivity contribution in [1.82, 2.24) is 0 Å². The average molecular weight is 727 g/mol. The molecule has 0 amide bonds. The van der Waals surface area contributed by atoms with E-state index in [1.165, 1.54) is 61.3 Å². The number of halogens is 2. The molecule has 6 aromatic carbocycles. The van der Waals surface area contributed by atoms with Gasteiger partial charge in [0.05, 0.1) is 0 Å². The van der Waals surface area contributed by atoms with E-state index < -0.39 is 0 Å². The fourth-order valence-corrected chi connectivity index (χ4v) is 9.63. The molecule has 0 aromatic heterocycles. The molecule has 0 atom stereocenters. The Morgan fingerprint density at radius 1 is 0.585 bits per heavy atom. The second-order valence-electron chi connectivity index (χ2n) is 15.6. The van der Waals surface area contributed by atoms with E-state index in [-0.39, 0.29) is 10.8 Å². The van der Waals surface area contributed by atoms with Crippen molar-refractivity contribution < 1.29 is 0 Å². The average Bonchev–Trinajstić information content (AvgIpc) is 3.33. The second kappa shape index (κ2) is 12.8. The van der Waals surface area contributed by atoms with Crippen molar-refractivity contribution in [2.45, 2.75) is 51.4 Å². The van der Waals surface area contributed by atoms with E-state index in [0.717, 1.165) is 40.4 Å². The molecule has 260 valence electrons. The van der Waals surface area contributed by atoms with Crippen LogP contribution < -0.4 is 4.90 Å². The lowest BCUT2D eigenvalue weighted by Crippen LogP contribution is -2.18. The molecule has 53 heavy (non-hydrogen) atoms. The minimum absolute atomic E-state index is 0.227. The normalized spacial score (nSPS) is 15.6. The topological polar surface area (TPSA) is 3.24 Å². The Morgan fingerprint density at radius 2 is 1.25 bits per heavy atom. The molecule has 0 unspecified atom stereocenters. The van der Waals surface area contributed by atoms with Crippen LogP contribution in [-0.2, 0) is 17.3 Å². The van der Waals surface area contributed by atoms with Crippen molar-refractivity contribution in [2.75, 3.05) is 4.90 Å². The maximum Gasteiger partial charge on any atom is 0.0496 e. The smallest absolute Gasteiger partial charge is 0.0496 e. The van der Waals surface area contributed by atoms with Gasteiger partial charge in [0.1, 0.15) is 0 Å². The van der Waals surface area contributed by atoms with E-state index in [2.05, 4.69) is 178 Å². The van der Waals surface area contributed by atoms with Gasteiger partial charge in [-0.2, -0.15) is 0 Å². The zero-order chi connectivity index (χ0) is 36.5. The standard InChI is InChI=1S/C50H41Cl2N/c1-49(2)43-29-38(24-25-39(43)40-30-45-41(31-44(40)49)42-27-36(51)28-46(52)48(42)50(45,3)4)53(37-22-20-34(21-23-37)33-16-10-7-11-17-33)47-19-13-12-18-35(47)26-32-14-8-5-6-9-15-32/h5,7-25,27-31H,6,26H2,1-4H3. The summed E-state index contributed by atoms with van der Waals surface area (Å²) >= 11 is 13.5. The van der Waals surface area contributed by atoms with E-state index >= 15 is 0 Å². The quantitative estimate of drug-likeness (QED) is 0.165. The molecule has 0 N–H and O–H groups in total. The molecular weight excluding hydrogens is 685 g/mol. The third-order valence-corrected chi connectivity index (χ3v) is 12.1. The highest BCUT2D eigenvalue weighted by molar-refractivity contribution is 6.36. The first-order valence-corrected chi connectivity index (χ1v) is 19.3. The molecule has 0 fully saturated rings. The summed E-state index contributed by atoms with van der Waals surface area (Å²) in [7, 11) is 0. The summed E-state index contributed by atoms with van der Waals surface area (Å²) in [5, 5.41) is 1.41. The number of nitrogens with zero attached hydrogens (tertiary/aromatic N) is 1. The third-order valence-electron chi connectivity index (χ3n) is 11.6. The lowest BCUT2D eigenvalue weighted by atomic mass is 9.79. The minimum Gasteiger partial charge on any atom is -0.310 e. The van der Waals surface area contributed by atoms with Gasteiger partial charge in [0.2, 0.25) is 0 Å². The van der Waals surface area contributed by atoms with Gasteiger partial charge in [0, 0.05) is 37.9 Å². The summed E-state index contributed by atoms with van der Waals surface area (Å²) < 4.78 is 0. The van der Waals surface area contributed by atoms with Crippen molar-refractivity contribution in [2.24, 2.45) is 0 Å². The highest BCUT2D eigenvalue weighted by Gasteiger charge is 2.43. The molecule has 3 aliphatic carbocycles. The van der Waals surface area contributed by atoms with Gasteiger partial charge < -0.3 is 4.90 Å².